The molecule has 33 nitrogen and oxygen atoms in total. The van der Waals surface area contributed by atoms with Crippen molar-refractivity contribution in [2.75, 3.05) is 39.6 Å². The van der Waals surface area contributed by atoms with Gasteiger partial charge in [-0.15, -0.1) is 0 Å². The van der Waals surface area contributed by atoms with Crippen molar-refractivity contribution in [1.82, 2.24) is 5.32 Å². The summed E-state index contributed by atoms with van der Waals surface area (Å²) in [6, 6.07) is 36.4. The summed E-state index contributed by atoms with van der Waals surface area (Å²) in [5, 5.41) is 15.7. The summed E-state index contributed by atoms with van der Waals surface area (Å²) in [6.45, 7) is 6.14. The van der Waals surface area contributed by atoms with Crippen LogP contribution in [0.3, 0.4) is 0 Å². The van der Waals surface area contributed by atoms with Crippen LogP contribution in [0, 0.1) is 0 Å². The Morgan fingerprint density at radius 3 is 1.25 bits per heavy atom. The molecule has 19 atom stereocenters. The van der Waals surface area contributed by atoms with Crippen LogP contribution >= 0.6 is 0 Å². The molecule has 7 unspecified atom stereocenters. The number of nitrogens with one attached hydrogen (secondary N) is 1. The van der Waals surface area contributed by atoms with Crippen LogP contribution in [-0.2, 0) is 124 Å². The van der Waals surface area contributed by atoms with Crippen LogP contribution in [0.4, 0.5) is 0 Å². The number of esters is 11. The summed E-state index contributed by atoms with van der Waals surface area (Å²) in [6.07, 6.45) is -33.5. The molecule has 2 N–H and O–H groups in total. The molecule has 111 heavy (non-hydrogen) atoms. The smallest absolute Gasteiger partial charge is 0.338 e. The van der Waals surface area contributed by atoms with E-state index >= 15 is 0 Å². The SMILES string of the molecule is CCCCO[C@H](OC(COC(=O)c1ccccc1)[C@H](C)O[C@@H]1OC(COC(=O)c2ccccc2)[C@H](O)C(O[C@@H]2OC(COC(C)=O)[C@@H](OC(C)=O)C(O[C@@H]3OC(COC(C)=O)[C@H](OC(C)=O)C(OC(C)=O)[C@@H]3OC(C)=O)[C@@H]2NC(C)=O)[C@@H]1OC(=O)c1ccccc1)[C@H](COC(=O)c1ccccc1)OC(=O)c1ccccc1. The van der Waals surface area contributed by atoms with E-state index in [2.05, 4.69) is 5.32 Å². The normalized spacial score (nSPS) is 24.5. The summed E-state index contributed by atoms with van der Waals surface area (Å²) in [7, 11) is 0. The second-order valence-electron chi connectivity index (χ2n) is 25.5. The first kappa shape index (κ1) is 86.0. The average molecular weight is 1550 g/mol. The first-order valence-corrected chi connectivity index (χ1v) is 35.5. The molecule has 0 spiro atoms. The van der Waals surface area contributed by atoms with E-state index in [1.807, 2.05) is 6.92 Å². The number of aliphatic hydroxyl groups excluding tert-OH is 1. The van der Waals surface area contributed by atoms with Crippen molar-refractivity contribution in [3.8, 4) is 0 Å². The van der Waals surface area contributed by atoms with Crippen molar-refractivity contribution in [2.24, 2.45) is 0 Å². The van der Waals surface area contributed by atoms with E-state index in [-0.39, 0.29) is 34.4 Å². The van der Waals surface area contributed by atoms with Gasteiger partial charge in [0.25, 0.3) is 0 Å². The van der Waals surface area contributed by atoms with E-state index in [0.29, 0.717) is 12.8 Å². The van der Waals surface area contributed by atoms with Gasteiger partial charge in [-0.05, 0) is 74.0 Å². The molecule has 1 amide bonds. The standard InChI is InChI=1S/C78H89NO32/c1-10-11-37-93-75(60(104-73(91)54-33-23-15-24-34-54)42-98-72(90)53-31-21-14-22-32-53)105-56(38-96-70(88)51-27-17-12-18-28-51)43(2)99-77-68(109-74(92)55-35-25-16-26-36-55)66(62(87)57(106-77)39-97-71(89)52-29-19-13-20-30-52)111-76-61(79-44(3)80)65(63(100-47(6)83)58(107-76)40-94-45(4)81)110-78-69(103-50(9)86)67(102-49(8)85)64(101-48(7)84)59(108-78)41-95-46(5)82/h12-36,43,56-69,75-78,87H,10-11,37-42H2,1-9H3,(H,79,80)/t43-,56?,57?,58?,59?,60-,61-,62-,63+,64-,65?,66?,67?,68-,69-,75+,76-,77+,78-/m0/s1. The number of hydrogen-bond donors (Lipinski definition) is 2. The van der Waals surface area contributed by atoms with E-state index in [1.165, 1.54) is 79.7 Å². The number of aliphatic hydroxyl groups is 1. The minimum absolute atomic E-state index is 0.0348. The molecule has 5 aromatic rings. The van der Waals surface area contributed by atoms with Crippen molar-refractivity contribution in [3.05, 3.63) is 179 Å². The summed E-state index contributed by atoms with van der Waals surface area (Å²) in [5.74, 6) is -11.6. The van der Waals surface area contributed by atoms with Crippen LogP contribution in [0.1, 0.15) is 127 Å². The highest BCUT2D eigenvalue weighted by Gasteiger charge is 2.60. The number of ether oxygens (including phenoxy) is 19. The maximum Gasteiger partial charge on any atom is 0.338 e. The van der Waals surface area contributed by atoms with Crippen LogP contribution in [0.2, 0.25) is 0 Å². The van der Waals surface area contributed by atoms with Crippen molar-refractivity contribution in [1.29, 1.82) is 0 Å². The maximum absolute atomic E-state index is 14.9. The fourth-order valence-corrected chi connectivity index (χ4v) is 11.8. The topological polar surface area (TPSA) is 412 Å². The first-order chi connectivity index (χ1) is 53.2. The van der Waals surface area contributed by atoms with E-state index in [1.54, 1.807) is 78.9 Å². The van der Waals surface area contributed by atoms with Crippen LogP contribution < -0.4 is 5.32 Å². The molecule has 0 aliphatic carbocycles. The first-order valence-electron chi connectivity index (χ1n) is 35.5. The van der Waals surface area contributed by atoms with Crippen LogP contribution in [0.25, 0.3) is 0 Å². The third-order valence-electron chi connectivity index (χ3n) is 16.9. The predicted octanol–water partition coefficient (Wildman–Crippen LogP) is 5.61. The van der Waals surface area contributed by atoms with Gasteiger partial charge in [0.1, 0.15) is 81.8 Å². The lowest BCUT2D eigenvalue weighted by Gasteiger charge is -2.51. The molecule has 0 bridgehead atoms. The zero-order chi connectivity index (χ0) is 80.3. The zero-order valence-corrected chi connectivity index (χ0v) is 62.2. The molecular formula is C78H89NO32. The quantitative estimate of drug-likeness (QED) is 0.0213. The summed E-state index contributed by atoms with van der Waals surface area (Å²) in [4.78, 5) is 162. The van der Waals surface area contributed by atoms with Crippen molar-refractivity contribution in [2.45, 2.75) is 192 Å². The lowest BCUT2D eigenvalue weighted by atomic mass is 9.93. The summed E-state index contributed by atoms with van der Waals surface area (Å²) < 4.78 is 117. The third kappa shape index (κ3) is 25.7. The average Bonchev–Trinajstić information content (AvgIpc) is 0.754. The Hall–Kier alpha value is -10.6. The highest BCUT2D eigenvalue weighted by molar-refractivity contribution is 5.91. The predicted molar refractivity (Wildman–Crippen MR) is 376 cm³/mol. The van der Waals surface area contributed by atoms with Gasteiger partial charge in [-0.2, -0.15) is 0 Å². The van der Waals surface area contributed by atoms with Gasteiger partial charge < -0.3 is 100 Å². The number of rotatable bonds is 36. The lowest BCUT2D eigenvalue weighted by Crippen LogP contribution is -2.71. The Balaban J connectivity index is 1.29. The number of carbonyl (C=O) groups excluding carboxylic acids is 12. The van der Waals surface area contributed by atoms with Crippen molar-refractivity contribution < 1.29 is 153 Å². The highest BCUT2D eigenvalue weighted by atomic mass is 16.8. The Bertz CT molecular complexity index is 3910. The Labute approximate surface area is 638 Å². The molecule has 3 saturated heterocycles. The zero-order valence-electron chi connectivity index (χ0n) is 62.2. The van der Waals surface area contributed by atoms with Gasteiger partial charge in [-0.1, -0.05) is 104 Å². The molecule has 0 aromatic heterocycles. The molecule has 33 heteroatoms. The molecule has 3 aliphatic heterocycles. The number of hydrogen-bond acceptors (Lipinski definition) is 32. The van der Waals surface area contributed by atoms with Crippen molar-refractivity contribution in [3.63, 3.8) is 0 Å². The maximum atomic E-state index is 14.9. The molecule has 598 valence electrons. The fourth-order valence-electron chi connectivity index (χ4n) is 11.8. The number of benzene rings is 5. The lowest BCUT2D eigenvalue weighted by molar-refractivity contribution is -0.370. The second-order valence-corrected chi connectivity index (χ2v) is 25.5. The molecule has 5 aromatic carbocycles. The molecule has 0 radical (unpaired) electrons. The van der Waals surface area contributed by atoms with E-state index in [4.69, 9.17) is 90.0 Å². The molecular weight excluding hydrogens is 1460 g/mol. The van der Waals surface area contributed by atoms with Gasteiger partial charge in [0.05, 0.1) is 33.9 Å². The Kier molecular flexibility index (Phi) is 32.9. The van der Waals surface area contributed by atoms with Gasteiger partial charge in [-0.3, -0.25) is 33.6 Å². The summed E-state index contributed by atoms with van der Waals surface area (Å²) in [5.41, 5.74) is 0.196. The number of amides is 1. The molecule has 3 aliphatic rings. The van der Waals surface area contributed by atoms with E-state index < -0.39 is 221 Å². The minimum atomic E-state index is -2.20. The van der Waals surface area contributed by atoms with Gasteiger partial charge in [-0.25, -0.2) is 24.0 Å². The monoisotopic (exact) mass is 1550 g/mol. The number of unbranched alkanes of at least 4 members (excludes halogenated alkanes) is 1. The van der Waals surface area contributed by atoms with E-state index in [0.717, 1.165) is 48.5 Å². The van der Waals surface area contributed by atoms with Crippen LogP contribution in [0.5, 0.6) is 0 Å². The Morgan fingerprint density at radius 1 is 0.405 bits per heavy atom. The highest BCUT2D eigenvalue weighted by Crippen LogP contribution is 2.38. The third-order valence-corrected chi connectivity index (χ3v) is 16.9. The van der Waals surface area contributed by atoms with Gasteiger partial charge in [0.15, 0.2) is 61.8 Å². The Morgan fingerprint density at radius 2 is 0.793 bits per heavy atom. The van der Waals surface area contributed by atoms with Crippen molar-refractivity contribution >= 4 is 71.6 Å². The molecule has 0 saturated carbocycles. The fraction of sp³-hybridized carbons (Fsp3) is 0.462. The number of carbonyl (C=O) groups is 12. The molecule has 8 rings (SSSR count). The van der Waals surface area contributed by atoms with Crippen LogP contribution in [0.15, 0.2) is 152 Å². The summed E-state index contributed by atoms with van der Waals surface area (Å²) >= 11 is 0. The van der Waals surface area contributed by atoms with Crippen LogP contribution in [-0.4, -0.2) is 233 Å². The minimum Gasteiger partial charge on any atom is -0.463 e. The van der Waals surface area contributed by atoms with E-state index in [9.17, 15) is 62.6 Å². The van der Waals surface area contributed by atoms with Gasteiger partial charge in [0.2, 0.25) is 5.91 Å². The van der Waals surface area contributed by atoms with Gasteiger partial charge >= 0.3 is 65.7 Å². The largest absolute Gasteiger partial charge is 0.463 e. The van der Waals surface area contributed by atoms with Gasteiger partial charge in [0, 0.05) is 55.1 Å². The molecule has 3 heterocycles. The molecule has 3 fully saturated rings. The second kappa shape index (κ2) is 42.5.